The maximum absolute atomic E-state index is 6.12. The maximum Gasteiger partial charge on any atom is 0.0549 e. The molecule has 0 amide bonds. The minimum Gasteiger partial charge on any atom is -0.378 e. The summed E-state index contributed by atoms with van der Waals surface area (Å²) in [5, 5.41) is 4.38. The zero-order chi connectivity index (χ0) is 15.3. The van der Waals surface area contributed by atoms with Crippen molar-refractivity contribution in [2.24, 2.45) is 17.6 Å². The van der Waals surface area contributed by atoms with E-state index in [1.54, 1.807) is 0 Å². The Bertz CT molecular complexity index is 422. The van der Waals surface area contributed by atoms with Crippen LogP contribution >= 0.6 is 27.5 Å². The van der Waals surface area contributed by atoms with Gasteiger partial charge in [-0.3, -0.25) is 0 Å². The van der Waals surface area contributed by atoms with Crippen molar-refractivity contribution in [2.75, 3.05) is 11.9 Å². The van der Waals surface area contributed by atoms with Gasteiger partial charge in [0.05, 0.1) is 10.6 Å². The Morgan fingerprint density at radius 2 is 1.75 bits per heavy atom. The van der Waals surface area contributed by atoms with Gasteiger partial charge in [-0.2, -0.15) is 0 Å². The van der Waals surface area contributed by atoms with E-state index < -0.39 is 0 Å². The van der Waals surface area contributed by atoms with Crippen LogP contribution in [0, 0.1) is 11.8 Å². The van der Waals surface area contributed by atoms with E-state index in [-0.39, 0.29) is 5.54 Å². The zero-order valence-corrected chi connectivity index (χ0v) is 15.2. The predicted octanol–water partition coefficient (Wildman–Crippen LogP) is 5.30. The molecule has 0 bridgehead atoms. The number of nitrogens with two attached hydrogens (primary N) is 1. The Kier molecular flexibility index (Phi) is 6.83. The fraction of sp³-hybridized carbons (Fsp3) is 0.625. The molecule has 0 aliphatic carbocycles. The Hall–Kier alpha value is -0.250. The second kappa shape index (κ2) is 7.67. The molecule has 0 saturated carbocycles. The second-order valence-corrected chi connectivity index (χ2v) is 7.70. The summed E-state index contributed by atoms with van der Waals surface area (Å²) in [7, 11) is 0. The summed E-state index contributed by atoms with van der Waals surface area (Å²) in [6, 6.07) is 5.94. The first-order valence-electron chi connectivity index (χ1n) is 7.21. The van der Waals surface area contributed by atoms with Crippen molar-refractivity contribution in [3.05, 3.63) is 27.7 Å². The quantitative estimate of drug-likeness (QED) is 0.691. The molecule has 20 heavy (non-hydrogen) atoms. The summed E-state index contributed by atoms with van der Waals surface area (Å²) in [6.07, 6.45) is 2.11. The largest absolute Gasteiger partial charge is 0.378 e. The summed E-state index contributed by atoms with van der Waals surface area (Å²) in [6.45, 7) is 9.59. The number of benzene rings is 1. The molecule has 0 heterocycles. The average molecular weight is 362 g/mol. The van der Waals surface area contributed by atoms with Crippen molar-refractivity contribution in [1.29, 1.82) is 0 Å². The molecule has 0 aliphatic rings. The molecule has 0 aliphatic heterocycles. The Labute approximate surface area is 136 Å². The lowest BCUT2D eigenvalue weighted by molar-refractivity contribution is 0.317. The molecule has 0 spiro atoms. The first kappa shape index (κ1) is 17.8. The second-order valence-electron chi connectivity index (χ2n) is 6.43. The highest BCUT2D eigenvalue weighted by atomic mass is 79.9. The van der Waals surface area contributed by atoms with Gasteiger partial charge in [0.15, 0.2) is 0 Å². The molecule has 1 aromatic rings. The maximum atomic E-state index is 6.12. The van der Waals surface area contributed by atoms with Crippen LogP contribution in [-0.2, 0) is 0 Å². The molecule has 1 rings (SSSR count). The van der Waals surface area contributed by atoms with Crippen LogP contribution < -0.4 is 11.1 Å². The average Bonchev–Trinajstić information content (AvgIpc) is 2.32. The molecule has 0 radical (unpaired) electrons. The summed E-state index contributed by atoms with van der Waals surface area (Å²) < 4.78 is 0.907. The first-order chi connectivity index (χ1) is 9.28. The Morgan fingerprint density at radius 1 is 1.20 bits per heavy atom. The van der Waals surface area contributed by atoms with Crippen LogP contribution in [0.15, 0.2) is 22.7 Å². The van der Waals surface area contributed by atoms with Gasteiger partial charge in [0, 0.05) is 16.7 Å². The number of nitrogens with one attached hydrogen (secondary N) is 1. The molecule has 0 aromatic heterocycles. The summed E-state index contributed by atoms with van der Waals surface area (Å²) in [4.78, 5) is 0. The van der Waals surface area contributed by atoms with E-state index in [0.717, 1.165) is 28.0 Å². The molecule has 0 fully saturated rings. The predicted molar refractivity (Wildman–Crippen MR) is 93.5 cm³/mol. The molecule has 114 valence electrons. The van der Waals surface area contributed by atoms with Gasteiger partial charge in [-0.15, -0.1) is 0 Å². The van der Waals surface area contributed by atoms with E-state index >= 15 is 0 Å². The molecular formula is C16H26BrClN2. The van der Waals surface area contributed by atoms with Gasteiger partial charge >= 0.3 is 0 Å². The van der Waals surface area contributed by atoms with Gasteiger partial charge in [-0.25, -0.2) is 0 Å². The molecule has 0 saturated heterocycles. The van der Waals surface area contributed by atoms with E-state index in [0.29, 0.717) is 18.4 Å². The van der Waals surface area contributed by atoms with Gasteiger partial charge < -0.3 is 11.1 Å². The lowest BCUT2D eigenvalue weighted by Gasteiger charge is -2.38. The van der Waals surface area contributed by atoms with Crippen LogP contribution in [0.5, 0.6) is 0 Å². The summed E-state index contributed by atoms with van der Waals surface area (Å²) >= 11 is 9.53. The van der Waals surface area contributed by atoms with Crippen molar-refractivity contribution in [3.63, 3.8) is 0 Å². The van der Waals surface area contributed by atoms with Crippen molar-refractivity contribution >= 4 is 33.2 Å². The van der Waals surface area contributed by atoms with E-state index in [1.807, 2.05) is 18.2 Å². The highest BCUT2D eigenvalue weighted by Crippen LogP contribution is 2.31. The van der Waals surface area contributed by atoms with Gasteiger partial charge in [-0.05, 0) is 58.8 Å². The van der Waals surface area contributed by atoms with Crippen LogP contribution in [0.25, 0.3) is 0 Å². The Balaban J connectivity index is 3.00. The van der Waals surface area contributed by atoms with Crippen molar-refractivity contribution in [2.45, 2.75) is 46.1 Å². The van der Waals surface area contributed by atoms with Crippen LogP contribution in [0.2, 0.25) is 5.02 Å². The van der Waals surface area contributed by atoms with Crippen molar-refractivity contribution in [1.82, 2.24) is 0 Å². The van der Waals surface area contributed by atoms with E-state index in [9.17, 15) is 0 Å². The number of hydrogen-bond donors (Lipinski definition) is 2. The minimum atomic E-state index is -0.0599. The standard InChI is InChI=1S/C16H26BrClN2/c1-11(2)8-16(10-19,9-12(3)4)20-13-5-6-15(18)14(17)7-13/h5-7,11-12,20H,8-10,19H2,1-4H3. The molecule has 0 atom stereocenters. The lowest BCUT2D eigenvalue weighted by atomic mass is 9.81. The number of anilines is 1. The Morgan fingerprint density at radius 3 is 2.15 bits per heavy atom. The van der Waals surface area contributed by atoms with E-state index in [2.05, 4.69) is 48.9 Å². The molecular weight excluding hydrogens is 336 g/mol. The van der Waals surface area contributed by atoms with E-state index in [1.165, 1.54) is 0 Å². The zero-order valence-electron chi connectivity index (χ0n) is 12.8. The van der Waals surface area contributed by atoms with Gasteiger partial charge in [0.2, 0.25) is 0 Å². The van der Waals surface area contributed by atoms with Crippen LogP contribution in [-0.4, -0.2) is 12.1 Å². The third-order valence-electron chi connectivity index (χ3n) is 3.32. The molecule has 1 aromatic carbocycles. The normalized spacial score (nSPS) is 12.2. The number of halogens is 2. The number of hydrogen-bond acceptors (Lipinski definition) is 2. The third kappa shape index (κ3) is 5.27. The molecule has 0 unspecified atom stereocenters. The smallest absolute Gasteiger partial charge is 0.0549 e. The van der Waals surface area contributed by atoms with Gasteiger partial charge in [-0.1, -0.05) is 39.3 Å². The lowest BCUT2D eigenvalue weighted by Crippen LogP contribution is -2.47. The monoisotopic (exact) mass is 360 g/mol. The first-order valence-corrected chi connectivity index (χ1v) is 8.38. The van der Waals surface area contributed by atoms with E-state index in [4.69, 9.17) is 17.3 Å². The fourth-order valence-corrected chi connectivity index (χ4v) is 3.34. The molecule has 3 N–H and O–H groups in total. The summed E-state index contributed by atoms with van der Waals surface area (Å²) in [5.41, 5.74) is 7.12. The van der Waals surface area contributed by atoms with Gasteiger partial charge in [0.25, 0.3) is 0 Å². The minimum absolute atomic E-state index is 0.0599. The van der Waals surface area contributed by atoms with Gasteiger partial charge in [0.1, 0.15) is 0 Å². The van der Waals surface area contributed by atoms with Crippen molar-refractivity contribution in [3.8, 4) is 0 Å². The fourth-order valence-electron chi connectivity index (χ4n) is 2.85. The highest BCUT2D eigenvalue weighted by molar-refractivity contribution is 9.10. The third-order valence-corrected chi connectivity index (χ3v) is 4.53. The van der Waals surface area contributed by atoms with Crippen molar-refractivity contribution < 1.29 is 0 Å². The highest BCUT2D eigenvalue weighted by Gasteiger charge is 2.30. The topological polar surface area (TPSA) is 38.0 Å². The molecule has 2 nitrogen and oxygen atoms in total. The summed E-state index contributed by atoms with van der Waals surface area (Å²) in [5.74, 6) is 1.20. The van der Waals surface area contributed by atoms with Crippen LogP contribution in [0.1, 0.15) is 40.5 Å². The van der Waals surface area contributed by atoms with Crippen LogP contribution in [0.3, 0.4) is 0 Å². The number of rotatable bonds is 7. The SMILES string of the molecule is CC(C)CC(CN)(CC(C)C)Nc1ccc(Cl)c(Br)c1. The van der Waals surface area contributed by atoms with Crippen LogP contribution in [0.4, 0.5) is 5.69 Å². The molecule has 4 heteroatoms.